The maximum absolute atomic E-state index is 12.8. The van der Waals surface area contributed by atoms with E-state index in [2.05, 4.69) is 10.6 Å². The van der Waals surface area contributed by atoms with Crippen molar-refractivity contribution in [3.8, 4) is 0 Å². The van der Waals surface area contributed by atoms with Crippen molar-refractivity contribution in [1.82, 2.24) is 9.88 Å². The van der Waals surface area contributed by atoms with Crippen LogP contribution in [0.1, 0.15) is 48.2 Å². The molecule has 1 saturated heterocycles. The first-order valence-corrected chi connectivity index (χ1v) is 11.7. The Kier molecular flexibility index (Phi) is 6.11. The monoisotopic (exact) mass is 443 g/mol. The van der Waals surface area contributed by atoms with Gasteiger partial charge >= 0.3 is 0 Å². The van der Waals surface area contributed by atoms with E-state index in [4.69, 9.17) is 0 Å². The number of benzene rings is 2. The average Bonchev–Trinajstić information content (AvgIpc) is 3.49. The van der Waals surface area contributed by atoms with Gasteiger partial charge in [0.25, 0.3) is 5.56 Å². The molecule has 4 atom stereocenters. The molecule has 6 heteroatoms. The molecule has 2 aliphatic rings. The van der Waals surface area contributed by atoms with Gasteiger partial charge in [-0.25, -0.2) is 0 Å². The molecule has 0 saturated carbocycles. The minimum atomic E-state index is -0.498. The van der Waals surface area contributed by atoms with Gasteiger partial charge in [-0.15, -0.1) is 0 Å². The van der Waals surface area contributed by atoms with Gasteiger partial charge in [0.1, 0.15) is 6.04 Å². The van der Waals surface area contributed by atoms with E-state index in [9.17, 15) is 14.7 Å². The first-order valence-electron chi connectivity index (χ1n) is 11.7. The second kappa shape index (κ2) is 9.33. The maximum Gasteiger partial charge on any atom is 0.251 e. The third-order valence-electron chi connectivity index (χ3n) is 6.86. The Morgan fingerprint density at radius 3 is 2.58 bits per heavy atom. The molecule has 5 rings (SSSR count). The fraction of sp³-hybridized carbons (Fsp3) is 0.333. The average molecular weight is 444 g/mol. The van der Waals surface area contributed by atoms with Crippen LogP contribution in [0.5, 0.6) is 0 Å². The predicted molar refractivity (Wildman–Crippen MR) is 128 cm³/mol. The van der Waals surface area contributed by atoms with Crippen molar-refractivity contribution >= 4 is 11.6 Å². The lowest BCUT2D eigenvalue weighted by atomic mass is 10.0. The van der Waals surface area contributed by atoms with Gasteiger partial charge in [-0.05, 0) is 61.4 Å². The summed E-state index contributed by atoms with van der Waals surface area (Å²) in [6.45, 7) is 0. The summed E-state index contributed by atoms with van der Waals surface area (Å²) >= 11 is 0. The van der Waals surface area contributed by atoms with Gasteiger partial charge in [-0.2, -0.15) is 0 Å². The Labute approximate surface area is 193 Å². The van der Waals surface area contributed by atoms with E-state index in [1.807, 2.05) is 60.7 Å². The van der Waals surface area contributed by atoms with Gasteiger partial charge in [0.15, 0.2) is 0 Å². The number of amides is 1. The highest BCUT2D eigenvalue weighted by Gasteiger charge is 2.30. The number of anilines is 1. The Hall–Kier alpha value is -3.22. The summed E-state index contributed by atoms with van der Waals surface area (Å²) in [4.78, 5) is 25.0. The normalized spacial score (nSPS) is 22.6. The van der Waals surface area contributed by atoms with E-state index >= 15 is 0 Å². The summed E-state index contributed by atoms with van der Waals surface area (Å²) < 4.78 is 1.61. The van der Waals surface area contributed by atoms with Gasteiger partial charge in [0.2, 0.25) is 5.91 Å². The summed E-state index contributed by atoms with van der Waals surface area (Å²) in [5.74, 6) is -0.148. The second-order valence-corrected chi connectivity index (χ2v) is 9.07. The largest absolute Gasteiger partial charge is 0.387 e. The molecule has 1 amide bonds. The molecular formula is C27H29N3O3. The van der Waals surface area contributed by atoms with Gasteiger partial charge < -0.3 is 20.3 Å². The smallest absolute Gasteiger partial charge is 0.251 e. The fourth-order valence-electron chi connectivity index (χ4n) is 5.14. The lowest BCUT2D eigenvalue weighted by molar-refractivity contribution is -0.119. The molecule has 3 N–H and O–H groups in total. The number of nitrogens with zero attached hydrogens (tertiary/aromatic N) is 1. The number of aliphatic hydroxyl groups is 1. The number of fused-ring (bicyclic) bond motifs is 1. The summed E-state index contributed by atoms with van der Waals surface area (Å²) in [6.07, 6.45) is 3.72. The van der Waals surface area contributed by atoms with Crippen molar-refractivity contribution in [2.45, 2.75) is 56.3 Å². The molecule has 3 aromatic rings. The number of hydrogen-bond donors (Lipinski definition) is 3. The first-order chi connectivity index (χ1) is 16.1. The highest BCUT2D eigenvalue weighted by Crippen LogP contribution is 2.27. The van der Waals surface area contributed by atoms with Crippen LogP contribution in [0, 0.1) is 0 Å². The third-order valence-corrected chi connectivity index (χ3v) is 6.86. The zero-order valence-electron chi connectivity index (χ0n) is 18.5. The SMILES string of the molecule is O=C(Nc1ccc(C[C@@H]2CC[C@H]([C@H](O)c3ccccc3)N2)cc1)C1CCc2cccc(=O)n21. The molecular weight excluding hydrogens is 414 g/mol. The fourth-order valence-corrected chi connectivity index (χ4v) is 5.14. The molecule has 3 heterocycles. The van der Waals surface area contributed by atoms with Crippen LogP contribution in [-0.4, -0.2) is 27.7 Å². The zero-order chi connectivity index (χ0) is 22.8. The van der Waals surface area contributed by atoms with Crippen molar-refractivity contribution < 1.29 is 9.90 Å². The number of carbonyl (C=O) groups excluding carboxylic acids is 1. The van der Waals surface area contributed by atoms with Crippen molar-refractivity contribution in [2.24, 2.45) is 0 Å². The van der Waals surface area contributed by atoms with Crippen LogP contribution in [0.15, 0.2) is 77.6 Å². The van der Waals surface area contributed by atoms with Crippen LogP contribution in [0.3, 0.4) is 0 Å². The van der Waals surface area contributed by atoms with E-state index < -0.39 is 12.1 Å². The quantitative estimate of drug-likeness (QED) is 0.546. The molecule has 0 bridgehead atoms. The molecule has 1 aromatic heterocycles. The molecule has 0 radical (unpaired) electrons. The number of aliphatic hydroxyl groups excluding tert-OH is 1. The standard InChI is InChI=1S/C27H29N3O3/c31-25-8-4-7-22-14-16-24(30(22)25)27(33)29-20-11-9-18(10-12-20)17-21-13-15-23(28-21)26(32)19-5-2-1-3-6-19/h1-12,21,23-24,26,28,32H,13-17H2,(H,29,33)/t21-,23+,24?,26+/m0/s1. The highest BCUT2D eigenvalue weighted by molar-refractivity contribution is 5.94. The van der Waals surface area contributed by atoms with Crippen LogP contribution in [0.2, 0.25) is 0 Å². The Morgan fingerprint density at radius 2 is 1.79 bits per heavy atom. The lowest BCUT2D eigenvalue weighted by Gasteiger charge is -2.20. The van der Waals surface area contributed by atoms with E-state index in [0.717, 1.165) is 42.6 Å². The second-order valence-electron chi connectivity index (χ2n) is 9.07. The molecule has 1 fully saturated rings. The predicted octanol–water partition coefficient (Wildman–Crippen LogP) is 3.37. The van der Waals surface area contributed by atoms with E-state index in [-0.39, 0.29) is 17.5 Å². The molecule has 170 valence electrons. The molecule has 2 aliphatic heterocycles. The molecule has 0 spiro atoms. The molecule has 6 nitrogen and oxygen atoms in total. The van der Waals surface area contributed by atoms with Crippen LogP contribution < -0.4 is 16.2 Å². The van der Waals surface area contributed by atoms with Crippen molar-refractivity contribution in [3.63, 3.8) is 0 Å². The summed E-state index contributed by atoms with van der Waals surface area (Å²) in [5, 5.41) is 17.2. The number of pyridine rings is 1. The number of nitrogens with one attached hydrogen (secondary N) is 2. The molecule has 2 aromatic carbocycles. The number of aryl methyl sites for hydroxylation is 1. The van der Waals surface area contributed by atoms with E-state index in [0.29, 0.717) is 12.5 Å². The maximum atomic E-state index is 12.8. The van der Waals surface area contributed by atoms with Gasteiger partial charge in [0.05, 0.1) is 6.10 Å². The van der Waals surface area contributed by atoms with Crippen molar-refractivity contribution in [3.05, 3.63) is 100.0 Å². The molecule has 0 aliphatic carbocycles. The van der Waals surface area contributed by atoms with Crippen molar-refractivity contribution in [2.75, 3.05) is 5.32 Å². The molecule has 1 unspecified atom stereocenters. The van der Waals surface area contributed by atoms with Gasteiger partial charge in [-0.3, -0.25) is 9.59 Å². The van der Waals surface area contributed by atoms with E-state index in [1.165, 1.54) is 11.6 Å². The minimum Gasteiger partial charge on any atom is -0.387 e. The minimum absolute atomic E-state index is 0.0636. The van der Waals surface area contributed by atoms with Gasteiger partial charge in [-0.1, -0.05) is 48.5 Å². The number of carbonyl (C=O) groups is 1. The molecule has 33 heavy (non-hydrogen) atoms. The number of hydrogen-bond acceptors (Lipinski definition) is 4. The van der Waals surface area contributed by atoms with Gasteiger partial charge in [0, 0.05) is 29.5 Å². The summed E-state index contributed by atoms with van der Waals surface area (Å²) in [7, 11) is 0. The van der Waals surface area contributed by atoms with Crippen LogP contribution in [0.4, 0.5) is 5.69 Å². The van der Waals surface area contributed by atoms with Crippen LogP contribution in [-0.2, 0) is 17.6 Å². The van der Waals surface area contributed by atoms with Crippen molar-refractivity contribution in [1.29, 1.82) is 0 Å². The highest BCUT2D eigenvalue weighted by atomic mass is 16.3. The third kappa shape index (κ3) is 4.63. The lowest BCUT2D eigenvalue weighted by Crippen LogP contribution is -2.35. The van der Waals surface area contributed by atoms with E-state index in [1.54, 1.807) is 10.6 Å². The van der Waals surface area contributed by atoms with Crippen LogP contribution in [0.25, 0.3) is 0 Å². The van der Waals surface area contributed by atoms with Crippen LogP contribution >= 0.6 is 0 Å². The number of aromatic nitrogens is 1. The topological polar surface area (TPSA) is 83.4 Å². The first kappa shape index (κ1) is 21.6. The Balaban J connectivity index is 1.17. The number of rotatable bonds is 6. The summed E-state index contributed by atoms with van der Waals surface area (Å²) in [5.41, 5.74) is 3.65. The zero-order valence-corrected chi connectivity index (χ0v) is 18.5. The Morgan fingerprint density at radius 1 is 1.00 bits per heavy atom. The Bertz CT molecular complexity index is 1170. The summed E-state index contributed by atoms with van der Waals surface area (Å²) in [6, 6.07) is 22.8.